The van der Waals surface area contributed by atoms with Gasteiger partial charge in [0.2, 0.25) is 0 Å². The van der Waals surface area contributed by atoms with Crippen LogP contribution in [0.2, 0.25) is 0 Å². The van der Waals surface area contributed by atoms with E-state index < -0.39 is 0 Å². The Morgan fingerprint density at radius 1 is 1.26 bits per heavy atom. The van der Waals surface area contributed by atoms with E-state index in [1.165, 1.54) is 16.9 Å². The summed E-state index contributed by atoms with van der Waals surface area (Å²) in [5.41, 5.74) is 2.33. The largest absolute Gasteiger partial charge is 0.487 e. The minimum atomic E-state index is -0.0187. The number of ether oxygens (including phenoxy) is 1. The van der Waals surface area contributed by atoms with Crippen molar-refractivity contribution in [3.63, 3.8) is 0 Å². The average molecular weight is 275 g/mol. The Kier molecular flexibility index (Phi) is 4.22. The molecule has 100 valence electrons. The van der Waals surface area contributed by atoms with Crippen LogP contribution >= 0.6 is 11.3 Å². The van der Waals surface area contributed by atoms with Gasteiger partial charge in [-0.2, -0.15) is 0 Å². The highest BCUT2D eigenvalue weighted by Gasteiger charge is 2.16. The lowest BCUT2D eigenvalue weighted by Gasteiger charge is -2.12. The van der Waals surface area contributed by atoms with Crippen LogP contribution < -0.4 is 4.74 Å². The molecule has 0 saturated carbocycles. The molecule has 0 aliphatic rings. The van der Waals surface area contributed by atoms with Gasteiger partial charge >= 0.3 is 0 Å². The van der Waals surface area contributed by atoms with Gasteiger partial charge in [0, 0.05) is 14.1 Å². The summed E-state index contributed by atoms with van der Waals surface area (Å²) >= 11 is 1.41. The van der Waals surface area contributed by atoms with Crippen molar-refractivity contribution in [3.05, 3.63) is 51.7 Å². The Morgan fingerprint density at radius 2 is 2.00 bits per heavy atom. The molecule has 0 aliphatic heterocycles. The Balaban J connectivity index is 2.11. The van der Waals surface area contributed by atoms with E-state index in [0.717, 1.165) is 5.56 Å². The minimum Gasteiger partial charge on any atom is -0.487 e. The summed E-state index contributed by atoms with van der Waals surface area (Å²) in [6, 6.07) is 9.93. The number of aryl methyl sites for hydroxylation is 1. The number of benzene rings is 1. The van der Waals surface area contributed by atoms with Crippen molar-refractivity contribution in [1.29, 1.82) is 0 Å². The quantitative estimate of drug-likeness (QED) is 0.856. The molecule has 0 saturated heterocycles. The molecule has 4 heteroatoms. The third kappa shape index (κ3) is 3.15. The number of amides is 1. The van der Waals surface area contributed by atoms with Crippen molar-refractivity contribution in [2.75, 3.05) is 14.1 Å². The second-order valence-electron chi connectivity index (χ2n) is 4.53. The second-order valence-corrected chi connectivity index (χ2v) is 5.44. The summed E-state index contributed by atoms with van der Waals surface area (Å²) in [5.74, 6) is 0.640. The van der Waals surface area contributed by atoms with Crippen LogP contribution in [0.1, 0.15) is 20.8 Å². The number of hydrogen-bond acceptors (Lipinski definition) is 3. The van der Waals surface area contributed by atoms with E-state index in [-0.39, 0.29) is 5.91 Å². The average Bonchev–Trinajstić information content (AvgIpc) is 2.85. The lowest BCUT2D eigenvalue weighted by Crippen LogP contribution is -2.21. The SMILES string of the molecule is Cc1ccccc1COc1ccsc1C(=O)N(C)C. The molecule has 1 aromatic carbocycles. The van der Waals surface area contributed by atoms with Crippen LogP contribution in [-0.2, 0) is 6.61 Å². The molecule has 3 nitrogen and oxygen atoms in total. The predicted octanol–water partition coefficient (Wildman–Crippen LogP) is 3.34. The molecule has 0 N–H and O–H groups in total. The summed E-state index contributed by atoms with van der Waals surface area (Å²) in [7, 11) is 3.49. The standard InChI is InChI=1S/C15H17NO2S/c1-11-6-4-5-7-12(11)10-18-13-8-9-19-14(13)15(17)16(2)3/h4-9H,10H2,1-3H3. The number of rotatable bonds is 4. The minimum absolute atomic E-state index is 0.0187. The number of thiophene rings is 1. The van der Waals surface area contributed by atoms with E-state index >= 15 is 0 Å². The third-order valence-electron chi connectivity index (χ3n) is 2.87. The van der Waals surface area contributed by atoms with Crippen LogP contribution in [0.5, 0.6) is 5.75 Å². The maximum Gasteiger partial charge on any atom is 0.267 e. The van der Waals surface area contributed by atoms with Gasteiger partial charge in [0.1, 0.15) is 17.2 Å². The Hall–Kier alpha value is -1.81. The highest BCUT2D eigenvalue weighted by atomic mass is 32.1. The normalized spacial score (nSPS) is 10.3. The van der Waals surface area contributed by atoms with Crippen LogP contribution in [0.3, 0.4) is 0 Å². The van der Waals surface area contributed by atoms with Crippen LogP contribution in [0, 0.1) is 6.92 Å². The highest BCUT2D eigenvalue weighted by molar-refractivity contribution is 7.12. The van der Waals surface area contributed by atoms with E-state index in [4.69, 9.17) is 4.74 Å². The monoisotopic (exact) mass is 275 g/mol. The van der Waals surface area contributed by atoms with Crippen molar-refractivity contribution < 1.29 is 9.53 Å². The van der Waals surface area contributed by atoms with Gasteiger partial charge in [-0.3, -0.25) is 4.79 Å². The zero-order valence-corrected chi connectivity index (χ0v) is 12.2. The molecule has 2 aromatic rings. The third-order valence-corrected chi connectivity index (χ3v) is 3.76. The fraction of sp³-hybridized carbons (Fsp3) is 0.267. The van der Waals surface area contributed by atoms with Crippen LogP contribution in [0.15, 0.2) is 35.7 Å². The lowest BCUT2D eigenvalue weighted by molar-refractivity contribution is 0.0828. The fourth-order valence-corrected chi connectivity index (χ4v) is 2.55. The van der Waals surface area contributed by atoms with E-state index in [1.54, 1.807) is 19.0 Å². The summed E-state index contributed by atoms with van der Waals surface area (Å²) in [6.45, 7) is 2.54. The summed E-state index contributed by atoms with van der Waals surface area (Å²) in [6.07, 6.45) is 0. The van der Waals surface area contributed by atoms with Crippen LogP contribution in [0.25, 0.3) is 0 Å². The van der Waals surface area contributed by atoms with Gasteiger partial charge in [-0.15, -0.1) is 11.3 Å². The van der Waals surface area contributed by atoms with Gasteiger partial charge in [-0.05, 0) is 29.5 Å². The molecule has 19 heavy (non-hydrogen) atoms. The van der Waals surface area contributed by atoms with Gasteiger partial charge in [-0.1, -0.05) is 24.3 Å². The van der Waals surface area contributed by atoms with E-state index in [1.807, 2.05) is 29.6 Å². The van der Waals surface area contributed by atoms with Crippen molar-refractivity contribution in [2.45, 2.75) is 13.5 Å². The molecule has 1 amide bonds. The first-order valence-corrected chi connectivity index (χ1v) is 6.94. The van der Waals surface area contributed by atoms with Crippen LogP contribution in [0.4, 0.5) is 0 Å². The van der Waals surface area contributed by atoms with E-state index in [2.05, 4.69) is 13.0 Å². The van der Waals surface area contributed by atoms with E-state index in [9.17, 15) is 4.79 Å². The molecule has 1 aromatic heterocycles. The Bertz CT molecular complexity index is 575. The summed E-state index contributed by atoms with van der Waals surface area (Å²) < 4.78 is 5.78. The predicted molar refractivity (Wildman–Crippen MR) is 77.8 cm³/mol. The molecule has 0 aliphatic carbocycles. The van der Waals surface area contributed by atoms with Crippen molar-refractivity contribution in [1.82, 2.24) is 4.90 Å². The topological polar surface area (TPSA) is 29.5 Å². The zero-order valence-electron chi connectivity index (χ0n) is 11.3. The zero-order chi connectivity index (χ0) is 13.8. The molecule has 0 atom stereocenters. The smallest absolute Gasteiger partial charge is 0.267 e. The molecule has 0 spiro atoms. The number of carbonyl (C=O) groups is 1. The van der Waals surface area contributed by atoms with Gasteiger partial charge in [-0.25, -0.2) is 0 Å². The van der Waals surface area contributed by atoms with Crippen molar-refractivity contribution in [3.8, 4) is 5.75 Å². The number of nitrogens with zero attached hydrogens (tertiary/aromatic N) is 1. The van der Waals surface area contributed by atoms with Gasteiger partial charge < -0.3 is 9.64 Å². The molecule has 0 fully saturated rings. The summed E-state index contributed by atoms with van der Waals surface area (Å²) in [5, 5.41) is 1.88. The fourth-order valence-electron chi connectivity index (χ4n) is 1.70. The molecule has 0 unspecified atom stereocenters. The van der Waals surface area contributed by atoms with Crippen molar-refractivity contribution in [2.24, 2.45) is 0 Å². The maximum absolute atomic E-state index is 12.0. The number of carbonyl (C=O) groups excluding carboxylic acids is 1. The first-order chi connectivity index (χ1) is 9.09. The summed E-state index contributed by atoms with van der Waals surface area (Å²) in [4.78, 5) is 14.2. The van der Waals surface area contributed by atoms with Crippen LogP contribution in [-0.4, -0.2) is 24.9 Å². The lowest BCUT2D eigenvalue weighted by atomic mass is 10.1. The molecule has 0 bridgehead atoms. The highest BCUT2D eigenvalue weighted by Crippen LogP contribution is 2.27. The maximum atomic E-state index is 12.0. The van der Waals surface area contributed by atoms with Crippen molar-refractivity contribution >= 4 is 17.2 Å². The second kappa shape index (κ2) is 5.89. The molecule has 2 rings (SSSR count). The van der Waals surface area contributed by atoms with Gasteiger partial charge in [0.05, 0.1) is 0 Å². The van der Waals surface area contributed by atoms with Gasteiger partial charge in [0.25, 0.3) is 5.91 Å². The van der Waals surface area contributed by atoms with E-state index in [0.29, 0.717) is 17.2 Å². The first-order valence-electron chi connectivity index (χ1n) is 6.06. The Morgan fingerprint density at radius 3 is 2.68 bits per heavy atom. The molecular formula is C15H17NO2S. The molecule has 1 heterocycles. The molecular weight excluding hydrogens is 258 g/mol. The first kappa shape index (κ1) is 13.6. The number of hydrogen-bond donors (Lipinski definition) is 0. The molecule has 0 radical (unpaired) electrons. The van der Waals surface area contributed by atoms with Gasteiger partial charge in [0.15, 0.2) is 0 Å². The Labute approximate surface area is 117 Å².